The molecule has 2 heterocycles. The van der Waals surface area contributed by atoms with Crippen LogP contribution in [-0.4, -0.2) is 36.0 Å². The topological polar surface area (TPSA) is 63.3 Å². The van der Waals surface area contributed by atoms with Crippen molar-refractivity contribution in [2.45, 2.75) is 41.8 Å². The van der Waals surface area contributed by atoms with Gasteiger partial charge in [0.05, 0.1) is 17.1 Å². The van der Waals surface area contributed by atoms with E-state index in [2.05, 4.69) is 15.2 Å². The molecule has 0 unspecified atom stereocenters. The summed E-state index contributed by atoms with van der Waals surface area (Å²) in [4.78, 5) is 4.48. The molecular weight excluding hydrogens is 341 g/mol. The molecule has 2 aromatic heterocycles. The molecule has 0 bridgehead atoms. The van der Waals surface area contributed by atoms with Crippen molar-refractivity contribution >= 4 is 28.4 Å². The van der Waals surface area contributed by atoms with Gasteiger partial charge in [-0.25, -0.2) is 4.98 Å². The summed E-state index contributed by atoms with van der Waals surface area (Å²) in [5.41, 5.74) is 0.879. The Labute approximate surface area is 138 Å². The molecular formula is C15H13F3N4OS. The first-order valence-corrected chi connectivity index (χ1v) is 8.37. The first-order valence-electron chi connectivity index (χ1n) is 7.49. The van der Waals surface area contributed by atoms with E-state index in [-0.39, 0.29) is 17.0 Å². The van der Waals surface area contributed by atoms with Crippen molar-refractivity contribution in [2.24, 2.45) is 0 Å². The lowest BCUT2D eigenvalue weighted by molar-refractivity contribution is -0.145. The highest BCUT2D eigenvalue weighted by Gasteiger charge is 2.38. The van der Waals surface area contributed by atoms with Crippen molar-refractivity contribution in [3.8, 4) is 0 Å². The van der Waals surface area contributed by atoms with Crippen LogP contribution in [0.1, 0.15) is 25.1 Å². The maximum Gasteiger partial charge on any atom is 0.452 e. The van der Waals surface area contributed by atoms with Crippen molar-refractivity contribution < 1.29 is 18.3 Å². The SMILES string of the molecule is O[C@@H]1CC[C@H](Sc2nc3ccccc3n3c(C(F)(F)F)nnc23)C1. The molecule has 0 amide bonds. The summed E-state index contributed by atoms with van der Waals surface area (Å²) in [5, 5.41) is 17.3. The highest BCUT2D eigenvalue weighted by Crippen LogP contribution is 2.38. The van der Waals surface area contributed by atoms with E-state index in [9.17, 15) is 18.3 Å². The molecule has 1 aromatic carbocycles. The molecule has 9 heteroatoms. The summed E-state index contributed by atoms with van der Waals surface area (Å²) in [6, 6.07) is 6.63. The van der Waals surface area contributed by atoms with Gasteiger partial charge in [0, 0.05) is 5.25 Å². The fourth-order valence-corrected chi connectivity index (χ4v) is 4.28. The quantitative estimate of drug-likeness (QED) is 0.765. The number of nitrogens with zero attached hydrogens (tertiary/aromatic N) is 4. The molecule has 1 N–H and O–H groups in total. The molecule has 3 aromatic rings. The van der Waals surface area contributed by atoms with E-state index in [0.29, 0.717) is 28.9 Å². The van der Waals surface area contributed by atoms with Crippen molar-refractivity contribution in [1.82, 2.24) is 19.6 Å². The van der Waals surface area contributed by atoms with Crippen LogP contribution in [0, 0.1) is 0 Å². The second-order valence-electron chi connectivity index (χ2n) is 5.79. The normalized spacial score (nSPS) is 21.8. The molecule has 4 rings (SSSR count). The third-order valence-electron chi connectivity index (χ3n) is 4.09. The number of halogens is 3. The Morgan fingerprint density at radius 2 is 1.96 bits per heavy atom. The Hall–Kier alpha value is -1.87. The molecule has 1 fully saturated rings. The van der Waals surface area contributed by atoms with Gasteiger partial charge in [-0.15, -0.1) is 10.2 Å². The van der Waals surface area contributed by atoms with E-state index in [1.165, 1.54) is 11.8 Å². The first-order chi connectivity index (χ1) is 11.4. The number of aromatic nitrogens is 4. The molecule has 0 radical (unpaired) electrons. The number of aliphatic hydroxyl groups excluding tert-OH is 1. The number of hydrogen-bond donors (Lipinski definition) is 1. The van der Waals surface area contributed by atoms with Crippen LogP contribution >= 0.6 is 11.8 Å². The van der Waals surface area contributed by atoms with Crippen LogP contribution in [0.4, 0.5) is 13.2 Å². The van der Waals surface area contributed by atoms with E-state index >= 15 is 0 Å². The minimum absolute atomic E-state index is 0.104. The Morgan fingerprint density at radius 3 is 2.67 bits per heavy atom. The van der Waals surface area contributed by atoms with Gasteiger partial charge in [0.1, 0.15) is 5.03 Å². The van der Waals surface area contributed by atoms with Crippen LogP contribution < -0.4 is 0 Å². The summed E-state index contributed by atoms with van der Waals surface area (Å²) in [6.07, 6.45) is -2.86. The van der Waals surface area contributed by atoms with E-state index in [1.807, 2.05) is 0 Å². The minimum atomic E-state index is -4.60. The van der Waals surface area contributed by atoms with Crippen LogP contribution in [0.25, 0.3) is 16.7 Å². The molecule has 0 saturated heterocycles. The molecule has 5 nitrogen and oxygen atoms in total. The van der Waals surface area contributed by atoms with Crippen molar-refractivity contribution in [3.05, 3.63) is 30.1 Å². The summed E-state index contributed by atoms with van der Waals surface area (Å²) in [6.45, 7) is 0. The summed E-state index contributed by atoms with van der Waals surface area (Å²) >= 11 is 1.36. The molecule has 1 aliphatic carbocycles. The third-order valence-corrected chi connectivity index (χ3v) is 5.35. The average Bonchev–Trinajstić information content (AvgIpc) is 3.13. The van der Waals surface area contributed by atoms with Crippen LogP contribution in [0.15, 0.2) is 29.3 Å². The lowest BCUT2D eigenvalue weighted by Gasteiger charge is -2.12. The van der Waals surface area contributed by atoms with E-state index < -0.39 is 12.0 Å². The number of thioether (sulfide) groups is 1. The van der Waals surface area contributed by atoms with Crippen LogP contribution in [0.5, 0.6) is 0 Å². The Balaban J connectivity index is 1.91. The molecule has 24 heavy (non-hydrogen) atoms. The zero-order valence-corrected chi connectivity index (χ0v) is 13.2. The molecule has 2 atom stereocenters. The first kappa shape index (κ1) is 15.6. The fourth-order valence-electron chi connectivity index (χ4n) is 3.00. The monoisotopic (exact) mass is 354 g/mol. The standard InChI is InChI=1S/C15H13F3N4OS/c16-15(17,18)14-21-20-12-13(24-9-6-5-8(23)7-9)19-10-3-1-2-4-11(10)22(12)14/h1-4,8-9,23H,5-7H2/t8-,9+/m1/s1. The van der Waals surface area contributed by atoms with Gasteiger partial charge in [0.25, 0.3) is 0 Å². The van der Waals surface area contributed by atoms with Crippen molar-refractivity contribution in [1.29, 1.82) is 0 Å². The predicted octanol–water partition coefficient (Wildman–Crippen LogP) is 3.30. The lowest BCUT2D eigenvalue weighted by Crippen LogP contribution is -2.12. The number of rotatable bonds is 2. The molecule has 1 saturated carbocycles. The van der Waals surface area contributed by atoms with Gasteiger partial charge in [0.2, 0.25) is 5.82 Å². The second kappa shape index (κ2) is 5.59. The Kier molecular flexibility index (Phi) is 3.65. The van der Waals surface area contributed by atoms with Gasteiger partial charge < -0.3 is 5.11 Å². The molecule has 126 valence electrons. The number of alkyl halides is 3. The van der Waals surface area contributed by atoms with Gasteiger partial charge in [-0.05, 0) is 31.4 Å². The maximum absolute atomic E-state index is 13.3. The van der Waals surface area contributed by atoms with Crippen molar-refractivity contribution in [2.75, 3.05) is 0 Å². The second-order valence-corrected chi connectivity index (χ2v) is 7.08. The minimum Gasteiger partial charge on any atom is -0.393 e. The van der Waals surface area contributed by atoms with Crippen LogP contribution in [-0.2, 0) is 6.18 Å². The van der Waals surface area contributed by atoms with E-state index in [0.717, 1.165) is 10.8 Å². The van der Waals surface area contributed by atoms with Gasteiger partial charge >= 0.3 is 6.18 Å². The van der Waals surface area contributed by atoms with Gasteiger partial charge in [-0.1, -0.05) is 23.9 Å². The Bertz CT molecular complexity index is 911. The zero-order chi connectivity index (χ0) is 16.9. The van der Waals surface area contributed by atoms with E-state index in [4.69, 9.17) is 0 Å². The number of benzene rings is 1. The smallest absolute Gasteiger partial charge is 0.393 e. The Morgan fingerprint density at radius 1 is 1.17 bits per heavy atom. The van der Waals surface area contributed by atoms with Gasteiger partial charge in [-0.3, -0.25) is 4.40 Å². The largest absolute Gasteiger partial charge is 0.452 e. The summed E-state index contributed by atoms with van der Waals surface area (Å²) in [7, 11) is 0. The predicted molar refractivity (Wildman–Crippen MR) is 82.8 cm³/mol. The van der Waals surface area contributed by atoms with Gasteiger partial charge in [0.15, 0.2) is 5.65 Å². The number of aliphatic hydroxyl groups is 1. The number of fused-ring (bicyclic) bond motifs is 3. The van der Waals surface area contributed by atoms with Gasteiger partial charge in [-0.2, -0.15) is 13.2 Å². The summed E-state index contributed by atoms with van der Waals surface area (Å²) < 4.78 is 40.9. The fraction of sp³-hybridized carbons (Fsp3) is 0.400. The number of para-hydroxylation sites is 2. The van der Waals surface area contributed by atoms with Crippen LogP contribution in [0.2, 0.25) is 0 Å². The van der Waals surface area contributed by atoms with Crippen LogP contribution in [0.3, 0.4) is 0 Å². The molecule has 0 aliphatic heterocycles. The average molecular weight is 354 g/mol. The molecule has 0 spiro atoms. The highest BCUT2D eigenvalue weighted by molar-refractivity contribution is 8.00. The maximum atomic E-state index is 13.3. The highest BCUT2D eigenvalue weighted by atomic mass is 32.2. The summed E-state index contributed by atoms with van der Waals surface area (Å²) in [5.74, 6) is -1.05. The van der Waals surface area contributed by atoms with E-state index in [1.54, 1.807) is 24.3 Å². The number of hydrogen-bond acceptors (Lipinski definition) is 5. The zero-order valence-electron chi connectivity index (χ0n) is 12.4. The lowest BCUT2D eigenvalue weighted by atomic mass is 10.3. The molecule has 1 aliphatic rings. The van der Waals surface area contributed by atoms with Crippen molar-refractivity contribution in [3.63, 3.8) is 0 Å². The third kappa shape index (κ3) is 2.61.